The smallest absolute Gasteiger partial charge is 0.428 e. The highest BCUT2D eigenvalue weighted by molar-refractivity contribution is 5.94. The fourth-order valence-corrected chi connectivity index (χ4v) is 4.47. The van der Waals surface area contributed by atoms with Crippen LogP contribution >= 0.6 is 0 Å². The fourth-order valence-electron chi connectivity index (χ4n) is 4.47. The monoisotopic (exact) mass is 452 g/mol. The van der Waals surface area contributed by atoms with Crippen LogP contribution in [0.1, 0.15) is 17.0 Å². The van der Waals surface area contributed by atoms with Crippen molar-refractivity contribution in [1.82, 2.24) is 24.7 Å². The maximum Gasteiger partial charge on any atom is 0.428 e. The lowest BCUT2D eigenvalue weighted by atomic mass is 9.97. The summed E-state index contributed by atoms with van der Waals surface area (Å²) in [4.78, 5) is 25.6. The van der Waals surface area contributed by atoms with Crippen LogP contribution in [0.4, 0.5) is 5.95 Å². The number of benzene rings is 2. The second-order valence-electron chi connectivity index (χ2n) is 8.31. The maximum absolute atomic E-state index is 13.4. The number of aryl methyl sites for hydroxylation is 2. The predicted molar refractivity (Wildman–Crippen MR) is 128 cm³/mol. The molecule has 0 aliphatic carbocycles. The Bertz CT molecular complexity index is 1740. The molecule has 34 heavy (non-hydrogen) atoms. The minimum absolute atomic E-state index is 0.105. The second kappa shape index (κ2) is 7.45. The van der Waals surface area contributed by atoms with Gasteiger partial charge in [-0.1, -0.05) is 30.3 Å². The van der Waals surface area contributed by atoms with Crippen molar-refractivity contribution in [2.24, 2.45) is 0 Å². The molecule has 0 unspecified atom stereocenters. The van der Waals surface area contributed by atoms with E-state index in [2.05, 4.69) is 34.1 Å². The first-order chi connectivity index (χ1) is 16.5. The summed E-state index contributed by atoms with van der Waals surface area (Å²) < 4.78 is 8.18. The molecule has 0 aliphatic heterocycles. The van der Waals surface area contributed by atoms with E-state index in [0.29, 0.717) is 22.8 Å². The van der Waals surface area contributed by atoms with E-state index in [-0.39, 0.29) is 18.2 Å². The SMILES string of the molecule is Cc1ocnc1Cn1[nH]c2c(-c3cc(C)c4[nH]ccc4c3)c(-c3ccccc3)nc(N)[n+]2c1=O. The van der Waals surface area contributed by atoms with Crippen LogP contribution in [0.3, 0.4) is 0 Å². The van der Waals surface area contributed by atoms with Crippen molar-refractivity contribution in [3.63, 3.8) is 0 Å². The van der Waals surface area contributed by atoms with Gasteiger partial charge in [-0.05, 0) is 43.2 Å². The lowest BCUT2D eigenvalue weighted by Crippen LogP contribution is -2.44. The summed E-state index contributed by atoms with van der Waals surface area (Å²) in [5, 5.41) is 4.34. The number of oxazole rings is 1. The van der Waals surface area contributed by atoms with Crippen LogP contribution < -0.4 is 15.8 Å². The van der Waals surface area contributed by atoms with E-state index >= 15 is 0 Å². The van der Waals surface area contributed by atoms with Gasteiger partial charge in [-0.15, -0.1) is 9.38 Å². The van der Waals surface area contributed by atoms with Crippen molar-refractivity contribution >= 4 is 22.5 Å². The highest BCUT2D eigenvalue weighted by Crippen LogP contribution is 2.35. The zero-order chi connectivity index (χ0) is 23.4. The number of anilines is 1. The van der Waals surface area contributed by atoms with Gasteiger partial charge in [0.25, 0.3) is 0 Å². The van der Waals surface area contributed by atoms with E-state index in [1.54, 1.807) is 0 Å². The molecule has 0 fully saturated rings. The predicted octanol–water partition coefficient (Wildman–Crippen LogP) is 3.36. The van der Waals surface area contributed by atoms with Gasteiger partial charge in [0, 0.05) is 22.7 Å². The Morgan fingerprint density at radius 2 is 1.94 bits per heavy atom. The van der Waals surface area contributed by atoms with Crippen LogP contribution in [-0.2, 0) is 6.54 Å². The Labute approximate surface area is 193 Å². The molecule has 4 aromatic heterocycles. The molecule has 4 heterocycles. The summed E-state index contributed by atoms with van der Waals surface area (Å²) in [6.45, 7) is 4.09. The van der Waals surface area contributed by atoms with Crippen LogP contribution in [0.15, 0.2) is 70.3 Å². The van der Waals surface area contributed by atoms with Gasteiger partial charge in [-0.25, -0.2) is 14.9 Å². The van der Waals surface area contributed by atoms with Crippen molar-refractivity contribution in [3.05, 3.63) is 88.6 Å². The quantitative estimate of drug-likeness (QED) is 0.354. The molecule has 0 saturated heterocycles. The average Bonchev–Trinajstić information content (AvgIpc) is 3.55. The van der Waals surface area contributed by atoms with Gasteiger partial charge < -0.3 is 15.1 Å². The first kappa shape index (κ1) is 20.0. The minimum atomic E-state index is -0.331. The molecular weight excluding hydrogens is 430 g/mol. The summed E-state index contributed by atoms with van der Waals surface area (Å²) >= 11 is 0. The Morgan fingerprint density at radius 3 is 2.71 bits per heavy atom. The van der Waals surface area contributed by atoms with Crippen molar-refractivity contribution in [2.45, 2.75) is 20.4 Å². The van der Waals surface area contributed by atoms with E-state index in [1.165, 1.54) is 15.5 Å². The topological polar surface area (TPSA) is 123 Å². The number of nitrogen functional groups attached to an aromatic ring is 1. The number of nitrogens with one attached hydrogen (secondary N) is 2. The number of rotatable bonds is 4. The van der Waals surface area contributed by atoms with Gasteiger partial charge in [0.15, 0.2) is 6.39 Å². The third kappa shape index (κ3) is 3.01. The molecule has 9 heteroatoms. The van der Waals surface area contributed by atoms with Gasteiger partial charge in [-0.3, -0.25) is 0 Å². The number of H-pyrrole nitrogens is 2. The van der Waals surface area contributed by atoms with Crippen molar-refractivity contribution in [2.75, 3.05) is 5.73 Å². The molecule has 0 bridgehead atoms. The van der Waals surface area contributed by atoms with Gasteiger partial charge >= 0.3 is 11.6 Å². The van der Waals surface area contributed by atoms with E-state index in [1.807, 2.05) is 49.5 Å². The molecule has 4 N–H and O–H groups in total. The molecule has 168 valence electrons. The molecule has 0 spiro atoms. The Morgan fingerprint density at radius 1 is 1.12 bits per heavy atom. The highest BCUT2D eigenvalue weighted by Gasteiger charge is 2.26. The summed E-state index contributed by atoms with van der Waals surface area (Å²) in [5.41, 5.74) is 12.7. The molecule has 0 aliphatic rings. The zero-order valence-corrected chi connectivity index (χ0v) is 18.7. The van der Waals surface area contributed by atoms with Crippen molar-refractivity contribution in [3.8, 4) is 22.4 Å². The van der Waals surface area contributed by atoms with Gasteiger partial charge in [0.2, 0.25) is 5.65 Å². The van der Waals surface area contributed by atoms with Gasteiger partial charge in [-0.2, -0.15) is 4.68 Å². The third-order valence-corrected chi connectivity index (χ3v) is 6.16. The lowest BCUT2D eigenvalue weighted by Gasteiger charge is -2.10. The number of aromatic nitrogens is 6. The first-order valence-electron chi connectivity index (χ1n) is 10.9. The van der Waals surface area contributed by atoms with Crippen LogP contribution in [0.25, 0.3) is 38.9 Å². The summed E-state index contributed by atoms with van der Waals surface area (Å²) in [5.74, 6) is 0.759. The number of nitrogens with two attached hydrogens (primary N) is 1. The molecule has 0 atom stereocenters. The number of aromatic amines is 2. The molecule has 0 saturated carbocycles. The van der Waals surface area contributed by atoms with Crippen molar-refractivity contribution < 1.29 is 8.82 Å². The van der Waals surface area contributed by atoms with Crippen LogP contribution in [-0.4, -0.2) is 24.7 Å². The lowest BCUT2D eigenvalue weighted by molar-refractivity contribution is -0.516. The maximum atomic E-state index is 13.4. The normalized spacial score (nSPS) is 11.6. The second-order valence-corrected chi connectivity index (χ2v) is 8.31. The first-order valence-corrected chi connectivity index (χ1v) is 10.9. The minimum Gasteiger partial charge on any atom is -0.448 e. The summed E-state index contributed by atoms with van der Waals surface area (Å²) in [6, 6.07) is 16.0. The number of nitrogens with zero attached hydrogens (tertiary/aromatic N) is 4. The largest absolute Gasteiger partial charge is 0.448 e. The average molecular weight is 452 g/mol. The molecule has 9 nitrogen and oxygen atoms in total. The van der Waals surface area contributed by atoms with Gasteiger partial charge in [0.1, 0.15) is 23.7 Å². The zero-order valence-electron chi connectivity index (χ0n) is 18.7. The number of fused-ring (bicyclic) bond motifs is 2. The van der Waals surface area contributed by atoms with E-state index in [4.69, 9.17) is 15.1 Å². The number of hydrogen-bond donors (Lipinski definition) is 3. The van der Waals surface area contributed by atoms with Crippen molar-refractivity contribution in [1.29, 1.82) is 0 Å². The molecule has 0 radical (unpaired) electrons. The highest BCUT2D eigenvalue weighted by atomic mass is 16.3. The van der Waals surface area contributed by atoms with Gasteiger partial charge in [0.05, 0.1) is 5.56 Å². The molecule has 6 aromatic rings. The summed E-state index contributed by atoms with van der Waals surface area (Å²) in [7, 11) is 0. The summed E-state index contributed by atoms with van der Waals surface area (Å²) in [6.07, 6.45) is 3.29. The Balaban J connectivity index is 1.69. The Hall–Kier alpha value is -4.66. The van der Waals surface area contributed by atoms with Crippen LogP contribution in [0.2, 0.25) is 0 Å². The van der Waals surface area contributed by atoms with Crippen LogP contribution in [0, 0.1) is 13.8 Å². The van der Waals surface area contributed by atoms with E-state index in [0.717, 1.165) is 33.2 Å². The molecular formula is C25H22N7O2+. The molecule has 6 rings (SSSR count). The molecule has 2 aromatic carbocycles. The fraction of sp³-hybridized carbons (Fsp3) is 0.120. The van der Waals surface area contributed by atoms with E-state index in [9.17, 15) is 4.79 Å². The Kier molecular flexibility index (Phi) is 4.38. The standard InChI is InChI=1S/C25H21N7O2/c1-14-10-18(11-17-8-9-27-21(14)17)20-22(16-6-4-3-5-7-16)29-24(26)32-23(20)30-31(25(32)33)12-19-15(2)34-13-28-19/h3-11,13,27H,12H2,1-2H3,(H2,26,29,30)/p+1. The number of hydrogen-bond acceptors (Lipinski definition) is 5. The van der Waals surface area contributed by atoms with E-state index < -0.39 is 0 Å². The van der Waals surface area contributed by atoms with Crippen LogP contribution in [0.5, 0.6) is 0 Å². The third-order valence-electron chi connectivity index (χ3n) is 6.16. The molecule has 0 amide bonds.